The Labute approximate surface area is 88.1 Å². The van der Waals surface area contributed by atoms with E-state index in [-0.39, 0.29) is 0 Å². The molecule has 2 rings (SSSR count). The van der Waals surface area contributed by atoms with Crippen molar-refractivity contribution in [3.05, 3.63) is 35.1 Å². The second-order valence-corrected chi connectivity index (χ2v) is 4.11. The lowest BCUT2D eigenvalue weighted by Gasteiger charge is -2.44. The van der Waals surface area contributed by atoms with E-state index in [9.17, 15) is 22.0 Å². The zero-order chi connectivity index (χ0) is 12.1. The van der Waals surface area contributed by atoms with Gasteiger partial charge in [-0.05, 0) is 0 Å². The quantitative estimate of drug-likeness (QED) is 0.746. The van der Waals surface area contributed by atoms with Gasteiger partial charge < -0.3 is 5.73 Å². The molecule has 6 heteroatoms. The molecule has 2 N–H and O–H groups in total. The van der Waals surface area contributed by atoms with E-state index in [4.69, 9.17) is 5.73 Å². The summed E-state index contributed by atoms with van der Waals surface area (Å²) in [5.41, 5.74) is 3.06. The highest BCUT2D eigenvalue weighted by atomic mass is 19.3. The van der Waals surface area contributed by atoms with Crippen molar-refractivity contribution >= 4 is 0 Å². The Kier molecular flexibility index (Phi) is 2.24. The van der Waals surface area contributed by atoms with E-state index < -0.39 is 47.3 Å². The molecule has 0 bridgehead atoms. The van der Waals surface area contributed by atoms with E-state index in [0.717, 1.165) is 0 Å². The van der Waals surface area contributed by atoms with Gasteiger partial charge in [-0.2, -0.15) is 0 Å². The first-order valence-corrected chi connectivity index (χ1v) is 4.55. The van der Waals surface area contributed by atoms with E-state index >= 15 is 0 Å². The summed E-state index contributed by atoms with van der Waals surface area (Å²) in [5, 5.41) is 0. The minimum atomic E-state index is -3.01. The number of alkyl halides is 2. The van der Waals surface area contributed by atoms with Crippen LogP contribution >= 0.6 is 0 Å². The molecule has 0 radical (unpaired) electrons. The van der Waals surface area contributed by atoms with Crippen LogP contribution in [0.25, 0.3) is 0 Å². The highest BCUT2D eigenvalue weighted by Gasteiger charge is 2.57. The summed E-state index contributed by atoms with van der Waals surface area (Å²) in [6, 6.07) is 0.868. The molecule has 1 saturated carbocycles. The monoisotopic (exact) mass is 237 g/mol. The van der Waals surface area contributed by atoms with Crippen LogP contribution in [0.5, 0.6) is 0 Å². The van der Waals surface area contributed by atoms with Crippen LogP contribution in [0.3, 0.4) is 0 Å². The maximum Gasteiger partial charge on any atom is 0.252 e. The third kappa shape index (κ3) is 1.67. The van der Waals surface area contributed by atoms with Crippen molar-refractivity contribution in [3.63, 3.8) is 0 Å². The summed E-state index contributed by atoms with van der Waals surface area (Å²) in [7, 11) is 0. The van der Waals surface area contributed by atoms with Crippen LogP contribution in [0.2, 0.25) is 0 Å². The Bertz CT molecular complexity index is 412. The van der Waals surface area contributed by atoms with Gasteiger partial charge >= 0.3 is 0 Å². The molecule has 88 valence electrons. The van der Waals surface area contributed by atoms with Gasteiger partial charge in [0.25, 0.3) is 5.92 Å². The minimum Gasteiger partial charge on any atom is -0.321 e. The fraction of sp³-hybridized carbons (Fsp3) is 0.400. The molecule has 0 amide bonds. The van der Waals surface area contributed by atoms with Gasteiger partial charge in [-0.1, -0.05) is 0 Å². The average Bonchev–Trinajstić information content (AvgIpc) is 1.95. The van der Waals surface area contributed by atoms with E-state index in [1.165, 1.54) is 0 Å². The summed E-state index contributed by atoms with van der Waals surface area (Å²) in [5.74, 6) is -6.57. The number of hydrogen-bond donors (Lipinski definition) is 1. The molecule has 1 aliphatic carbocycles. The molecule has 16 heavy (non-hydrogen) atoms. The molecule has 0 spiro atoms. The van der Waals surface area contributed by atoms with E-state index in [1.807, 2.05) is 0 Å². The van der Waals surface area contributed by atoms with Gasteiger partial charge in [0.2, 0.25) is 0 Å². The van der Waals surface area contributed by atoms with Gasteiger partial charge in [0.05, 0.1) is 5.54 Å². The predicted molar refractivity (Wildman–Crippen MR) is 46.4 cm³/mol. The van der Waals surface area contributed by atoms with Crippen molar-refractivity contribution in [2.45, 2.75) is 24.3 Å². The molecule has 0 atom stereocenters. The maximum absolute atomic E-state index is 13.3. The summed E-state index contributed by atoms with van der Waals surface area (Å²) >= 11 is 0. The Hall–Kier alpha value is -1.17. The van der Waals surface area contributed by atoms with E-state index in [2.05, 4.69) is 0 Å². The van der Waals surface area contributed by atoms with Crippen molar-refractivity contribution in [2.24, 2.45) is 5.73 Å². The number of rotatable bonds is 1. The minimum absolute atomic E-state index is 0.434. The molecule has 1 fully saturated rings. The first-order valence-electron chi connectivity index (χ1n) is 4.55. The smallest absolute Gasteiger partial charge is 0.252 e. The molecule has 0 aliphatic heterocycles. The molecule has 0 saturated heterocycles. The number of halogens is 5. The van der Waals surface area contributed by atoms with Crippen molar-refractivity contribution in [1.29, 1.82) is 0 Å². The largest absolute Gasteiger partial charge is 0.321 e. The highest BCUT2D eigenvalue weighted by molar-refractivity contribution is 5.32. The number of benzene rings is 1. The normalized spacial score (nSPS) is 21.6. The van der Waals surface area contributed by atoms with Gasteiger partial charge in [-0.15, -0.1) is 0 Å². The Balaban J connectivity index is 2.43. The second-order valence-electron chi connectivity index (χ2n) is 4.11. The fourth-order valence-corrected chi connectivity index (χ4v) is 2.07. The third-order valence-corrected chi connectivity index (χ3v) is 2.65. The summed E-state index contributed by atoms with van der Waals surface area (Å²) in [6.45, 7) is 0. The van der Waals surface area contributed by atoms with Crippen LogP contribution in [-0.4, -0.2) is 5.92 Å². The maximum atomic E-state index is 13.3. The van der Waals surface area contributed by atoms with Gasteiger partial charge in [-0.25, -0.2) is 22.0 Å². The molecule has 1 aromatic carbocycles. The molecule has 0 aromatic heterocycles. The Morgan fingerprint density at radius 3 is 1.81 bits per heavy atom. The first-order chi connectivity index (χ1) is 7.23. The van der Waals surface area contributed by atoms with Crippen LogP contribution in [0.15, 0.2) is 12.1 Å². The topological polar surface area (TPSA) is 26.0 Å². The average molecular weight is 237 g/mol. The van der Waals surface area contributed by atoms with Gasteiger partial charge in [0.1, 0.15) is 17.5 Å². The third-order valence-electron chi connectivity index (χ3n) is 2.65. The SMILES string of the molecule is NC1(c2c(F)cc(F)cc2F)CC(F)(F)C1. The highest BCUT2D eigenvalue weighted by Crippen LogP contribution is 2.51. The van der Waals surface area contributed by atoms with Crippen LogP contribution in [0, 0.1) is 17.5 Å². The molecule has 1 nitrogen and oxygen atoms in total. The zero-order valence-corrected chi connectivity index (χ0v) is 8.04. The van der Waals surface area contributed by atoms with Crippen molar-refractivity contribution in [1.82, 2.24) is 0 Å². The van der Waals surface area contributed by atoms with Crippen LogP contribution < -0.4 is 5.73 Å². The lowest BCUT2D eigenvalue weighted by atomic mass is 9.69. The van der Waals surface area contributed by atoms with E-state index in [1.54, 1.807) is 0 Å². The number of nitrogens with two attached hydrogens (primary N) is 1. The van der Waals surface area contributed by atoms with E-state index in [0.29, 0.717) is 12.1 Å². The molecular formula is C10H8F5N. The Morgan fingerprint density at radius 1 is 1.00 bits per heavy atom. The lowest BCUT2D eigenvalue weighted by Crippen LogP contribution is -2.56. The summed E-state index contributed by atoms with van der Waals surface area (Å²) in [4.78, 5) is 0. The van der Waals surface area contributed by atoms with Crippen LogP contribution in [-0.2, 0) is 5.54 Å². The van der Waals surface area contributed by atoms with Crippen molar-refractivity contribution in [3.8, 4) is 0 Å². The molecule has 1 aromatic rings. The number of hydrogen-bond acceptors (Lipinski definition) is 1. The van der Waals surface area contributed by atoms with Crippen molar-refractivity contribution < 1.29 is 22.0 Å². The van der Waals surface area contributed by atoms with Gasteiger partial charge in [0.15, 0.2) is 0 Å². The van der Waals surface area contributed by atoms with Gasteiger partial charge in [-0.3, -0.25) is 0 Å². The molecule has 0 unspecified atom stereocenters. The van der Waals surface area contributed by atoms with Gasteiger partial charge in [0, 0.05) is 30.5 Å². The predicted octanol–water partition coefficient (Wildman–Crippen LogP) is 2.69. The van der Waals surface area contributed by atoms with Crippen LogP contribution in [0.4, 0.5) is 22.0 Å². The van der Waals surface area contributed by atoms with Crippen LogP contribution in [0.1, 0.15) is 18.4 Å². The second kappa shape index (κ2) is 3.16. The zero-order valence-electron chi connectivity index (χ0n) is 8.04. The fourth-order valence-electron chi connectivity index (χ4n) is 2.07. The first kappa shape index (κ1) is 11.3. The standard InChI is InChI=1S/C10H8F5N/c11-5-1-6(12)8(7(13)2-5)9(16)3-10(14,15)4-9/h1-2H,3-4,16H2. The molecular weight excluding hydrogens is 229 g/mol. The summed E-state index contributed by atoms with van der Waals surface area (Å²) in [6.07, 6.45) is -1.67. The summed E-state index contributed by atoms with van der Waals surface area (Å²) < 4.78 is 64.5. The lowest BCUT2D eigenvalue weighted by molar-refractivity contribution is -0.126. The van der Waals surface area contributed by atoms with Crippen molar-refractivity contribution in [2.75, 3.05) is 0 Å². The molecule has 0 heterocycles. The molecule has 1 aliphatic rings. The Morgan fingerprint density at radius 2 is 1.44 bits per heavy atom.